The first-order chi connectivity index (χ1) is 10.2. The Morgan fingerprint density at radius 2 is 2.10 bits per heavy atom. The first-order valence-electron chi connectivity index (χ1n) is 7.16. The van der Waals surface area contributed by atoms with Crippen LogP contribution in [0.5, 0.6) is 11.8 Å². The Morgan fingerprint density at radius 3 is 2.86 bits per heavy atom. The summed E-state index contributed by atoms with van der Waals surface area (Å²) in [6.45, 7) is 2.57. The zero-order valence-electron chi connectivity index (χ0n) is 12.0. The van der Waals surface area contributed by atoms with E-state index >= 15 is 0 Å². The van der Waals surface area contributed by atoms with E-state index in [1.165, 1.54) is 0 Å². The lowest BCUT2D eigenvalue weighted by Crippen LogP contribution is -2.06. The maximum atomic E-state index is 5.78. The highest BCUT2D eigenvalue weighted by atomic mass is 16.5. The zero-order valence-corrected chi connectivity index (χ0v) is 12.0. The number of ether oxygens (including phenoxy) is 2. The van der Waals surface area contributed by atoms with E-state index in [0.717, 1.165) is 30.6 Å². The third-order valence-electron chi connectivity index (χ3n) is 2.99. The Bertz CT molecular complexity index is 629. The van der Waals surface area contributed by atoms with Gasteiger partial charge in [0.2, 0.25) is 5.95 Å². The summed E-state index contributed by atoms with van der Waals surface area (Å²) in [7, 11) is 0. The summed E-state index contributed by atoms with van der Waals surface area (Å²) in [5.74, 6) is 1.47. The van der Waals surface area contributed by atoms with Crippen LogP contribution in [0.25, 0.3) is 11.4 Å². The van der Waals surface area contributed by atoms with E-state index in [1.807, 2.05) is 31.2 Å². The molecule has 0 amide bonds. The summed E-state index contributed by atoms with van der Waals surface area (Å²) in [6.07, 6.45) is 3.48. The summed E-state index contributed by atoms with van der Waals surface area (Å²) < 4.78 is 11.2. The van der Waals surface area contributed by atoms with Crippen LogP contribution < -0.4 is 15.2 Å². The minimum absolute atomic E-state index is 0.152. The highest BCUT2D eigenvalue weighted by molar-refractivity contribution is 5.58. The number of aromatic nitrogens is 3. The molecule has 1 aromatic heterocycles. The van der Waals surface area contributed by atoms with Gasteiger partial charge in [0.25, 0.3) is 0 Å². The standard InChI is InChI=1S/C15H18N4O2/c1-2-8-20-15-18-13(17-14(16)19-15)10-4-3-5-12(9-10)21-11-6-7-11/h3-5,9,11H,2,6-8H2,1H3,(H2,16,17,18,19). The molecule has 1 aliphatic rings. The van der Waals surface area contributed by atoms with Gasteiger partial charge in [0, 0.05) is 5.56 Å². The number of nitrogens with two attached hydrogens (primary N) is 1. The number of benzene rings is 1. The first kappa shape index (κ1) is 13.6. The van der Waals surface area contributed by atoms with Crippen LogP contribution in [0.3, 0.4) is 0 Å². The third kappa shape index (κ3) is 3.59. The first-order valence-corrected chi connectivity index (χ1v) is 7.16. The summed E-state index contributed by atoms with van der Waals surface area (Å²) in [5, 5.41) is 0. The van der Waals surface area contributed by atoms with Gasteiger partial charge in [-0.3, -0.25) is 0 Å². The monoisotopic (exact) mass is 286 g/mol. The van der Waals surface area contributed by atoms with Crippen LogP contribution in [0.4, 0.5) is 5.95 Å². The lowest BCUT2D eigenvalue weighted by molar-refractivity contribution is 0.292. The second-order valence-electron chi connectivity index (χ2n) is 4.99. The smallest absolute Gasteiger partial charge is 0.321 e. The van der Waals surface area contributed by atoms with Gasteiger partial charge in [-0.15, -0.1) is 0 Å². The highest BCUT2D eigenvalue weighted by Crippen LogP contribution is 2.29. The molecule has 1 aliphatic carbocycles. The summed E-state index contributed by atoms with van der Waals surface area (Å²) in [6, 6.07) is 7.93. The fourth-order valence-corrected chi connectivity index (χ4v) is 1.85. The van der Waals surface area contributed by atoms with Gasteiger partial charge in [-0.2, -0.15) is 15.0 Å². The molecule has 0 aliphatic heterocycles. The number of nitrogens with zero attached hydrogens (tertiary/aromatic N) is 3. The van der Waals surface area contributed by atoms with Gasteiger partial charge >= 0.3 is 6.01 Å². The fourth-order valence-electron chi connectivity index (χ4n) is 1.85. The molecule has 0 radical (unpaired) electrons. The molecule has 6 heteroatoms. The molecule has 2 aromatic rings. The highest BCUT2D eigenvalue weighted by Gasteiger charge is 2.23. The van der Waals surface area contributed by atoms with Gasteiger partial charge in [0.1, 0.15) is 5.75 Å². The number of anilines is 1. The molecule has 2 N–H and O–H groups in total. The SMILES string of the molecule is CCCOc1nc(N)nc(-c2cccc(OC3CC3)c2)n1. The minimum atomic E-state index is 0.152. The Morgan fingerprint density at radius 1 is 1.24 bits per heavy atom. The number of hydrogen-bond acceptors (Lipinski definition) is 6. The van der Waals surface area contributed by atoms with Crippen molar-refractivity contribution in [2.45, 2.75) is 32.3 Å². The van der Waals surface area contributed by atoms with Gasteiger partial charge in [-0.25, -0.2) is 0 Å². The van der Waals surface area contributed by atoms with E-state index in [1.54, 1.807) is 0 Å². The maximum absolute atomic E-state index is 5.78. The number of hydrogen-bond donors (Lipinski definition) is 1. The molecule has 3 rings (SSSR count). The molecular weight excluding hydrogens is 268 g/mol. The molecule has 0 bridgehead atoms. The Balaban J connectivity index is 1.85. The van der Waals surface area contributed by atoms with E-state index in [0.29, 0.717) is 18.5 Å². The van der Waals surface area contributed by atoms with Crippen molar-refractivity contribution in [2.75, 3.05) is 12.3 Å². The number of rotatable bonds is 6. The van der Waals surface area contributed by atoms with Crippen molar-refractivity contribution in [3.8, 4) is 23.1 Å². The van der Waals surface area contributed by atoms with Gasteiger partial charge in [0.05, 0.1) is 12.7 Å². The molecule has 0 spiro atoms. The van der Waals surface area contributed by atoms with E-state index < -0.39 is 0 Å². The average molecular weight is 286 g/mol. The molecule has 1 saturated carbocycles. The molecular formula is C15H18N4O2. The minimum Gasteiger partial charge on any atom is -0.490 e. The van der Waals surface area contributed by atoms with Crippen molar-refractivity contribution < 1.29 is 9.47 Å². The van der Waals surface area contributed by atoms with Crippen LogP contribution in [-0.4, -0.2) is 27.7 Å². The molecule has 21 heavy (non-hydrogen) atoms. The molecule has 110 valence electrons. The van der Waals surface area contributed by atoms with Crippen LogP contribution in [0.1, 0.15) is 26.2 Å². The third-order valence-corrected chi connectivity index (χ3v) is 2.99. The largest absolute Gasteiger partial charge is 0.490 e. The van der Waals surface area contributed by atoms with Crippen molar-refractivity contribution in [1.29, 1.82) is 0 Å². The predicted octanol–water partition coefficient (Wildman–Crippen LogP) is 2.45. The summed E-state index contributed by atoms with van der Waals surface area (Å²) >= 11 is 0. The van der Waals surface area contributed by atoms with Crippen molar-refractivity contribution in [3.63, 3.8) is 0 Å². The zero-order chi connectivity index (χ0) is 14.7. The molecule has 0 unspecified atom stereocenters. The van der Waals surface area contributed by atoms with Gasteiger partial charge in [-0.05, 0) is 31.4 Å². The van der Waals surface area contributed by atoms with Crippen molar-refractivity contribution in [1.82, 2.24) is 15.0 Å². The van der Waals surface area contributed by atoms with E-state index in [-0.39, 0.29) is 12.0 Å². The van der Waals surface area contributed by atoms with Gasteiger partial charge < -0.3 is 15.2 Å². The second kappa shape index (κ2) is 5.95. The van der Waals surface area contributed by atoms with Crippen LogP contribution in [0, 0.1) is 0 Å². The average Bonchev–Trinajstić information content (AvgIpc) is 3.29. The molecule has 1 aromatic carbocycles. The van der Waals surface area contributed by atoms with Crippen molar-refractivity contribution in [3.05, 3.63) is 24.3 Å². The van der Waals surface area contributed by atoms with Crippen LogP contribution in [0.2, 0.25) is 0 Å². The second-order valence-corrected chi connectivity index (χ2v) is 4.99. The summed E-state index contributed by atoms with van der Waals surface area (Å²) in [4.78, 5) is 12.4. The lowest BCUT2D eigenvalue weighted by atomic mass is 10.2. The molecule has 1 fully saturated rings. The molecule has 0 saturated heterocycles. The topological polar surface area (TPSA) is 83.2 Å². The number of nitrogen functional groups attached to an aromatic ring is 1. The van der Waals surface area contributed by atoms with Crippen LogP contribution in [0.15, 0.2) is 24.3 Å². The Kier molecular flexibility index (Phi) is 3.85. The maximum Gasteiger partial charge on any atom is 0.321 e. The molecule has 0 atom stereocenters. The van der Waals surface area contributed by atoms with Crippen molar-refractivity contribution in [2.24, 2.45) is 0 Å². The van der Waals surface area contributed by atoms with Crippen molar-refractivity contribution >= 4 is 5.95 Å². The lowest BCUT2D eigenvalue weighted by Gasteiger charge is -2.08. The predicted molar refractivity (Wildman–Crippen MR) is 79.1 cm³/mol. The summed E-state index contributed by atoms with van der Waals surface area (Å²) in [5.41, 5.74) is 6.56. The van der Waals surface area contributed by atoms with E-state index in [4.69, 9.17) is 15.2 Å². The van der Waals surface area contributed by atoms with Crippen LogP contribution in [-0.2, 0) is 0 Å². The molecule has 1 heterocycles. The quantitative estimate of drug-likeness (QED) is 0.878. The Labute approximate surface area is 123 Å². The Hall–Kier alpha value is -2.37. The van der Waals surface area contributed by atoms with E-state index in [9.17, 15) is 0 Å². The molecule has 6 nitrogen and oxygen atoms in total. The normalized spacial score (nSPS) is 14.0. The van der Waals surface area contributed by atoms with Gasteiger partial charge in [-0.1, -0.05) is 19.1 Å². The van der Waals surface area contributed by atoms with E-state index in [2.05, 4.69) is 15.0 Å². The van der Waals surface area contributed by atoms with Crippen LogP contribution >= 0.6 is 0 Å². The fraction of sp³-hybridized carbons (Fsp3) is 0.400. The van der Waals surface area contributed by atoms with Gasteiger partial charge in [0.15, 0.2) is 5.82 Å².